The molecule has 0 bridgehead atoms. The van der Waals surface area contributed by atoms with E-state index in [0.717, 1.165) is 0 Å². The third kappa shape index (κ3) is 2.94. The molecule has 2 aromatic carbocycles. The van der Waals surface area contributed by atoms with Crippen LogP contribution in [-0.4, -0.2) is 5.78 Å². The van der Waals surface area contributed by atoms with E-state index in [4.69, 9.17) is 5.73 Å². The largest absolute Gasteiger partial charge is 0.398 e. The third-order valence-corrected chi connectivity index (χ3v) is 2.32. The number of nitrogens with two attached hydrogens (primary N) is 1. The number of ketones is 1. The van der Waals surface area contributed by atoms with Gasteiger partial charge >= 0.3 is 0 Å². The second kappa shape index (κ2) is 6.55. The van der Waals surface area contributed by atoms with Gasteiger partial charge < -0.3 is 5.73 Å². The van der Waals surface area contributed by atoms with Gasteiger partial charge in [0.05, 0.1) is 5.56 Å². The average molecular weight is 245 g/mol. The summed E-state index contributed by atoms with van der Waals surface area (Å²) in [5, 5.41) is 0. The lowest BCUT2D eigenvalue weighted by molar-refractivity contribution is 0.103. The first kappa shape index (κ1) is 13.9. The van der Waals surface area contributed by atoms with Gasteiger partial charge in [-0.05, 0) is 24.3 Å². The van der Waals surface area contributed by atoms with Crippen LogP contribution in [0.25, 0.3) is 0 Å². The number of nitrogen functional groups attached to an aromatic ring is 1. The SMILES string of the molecule is CC.Nc1ccccc1C(=O)c1ccccc1F. The molecule has 0 heterocycles. The molecule has 18 heavy (non-hydrogen) atoms. The van der Waals surface area contributed by atoms with E-state index in [1.54, 1.807) is 36.4 Å². The zero-order chi connectivity index (χ0) is 13.5. The van der Waals surface area contributed by atoms with Crippen LogP contribution in [0.15, 0.2) is 48.5 Å². The van der Waals surface area contributed by atoms with Crippen LogP contribution in [0.5, 0.6) is 0 Å². The normalized spacial score (nSPS) is 9.28. The molecule has 0 amide bonds. The molecule has 0 unspecified atom stereocenters. The van der Waals surface area contributed by atoms with E-state index in [2.05, 4.69) is 0 Å². The van der Waals surface area contributed by atoms with Crippen molar-refractivity contribution in [3.63, 3.8) is 0 Å². The van der Waals surface area contributed by atoms with Crippen molar-refractivity contribution >= 4 is 11.5 Å². The van der Waals surface area contributed by atoms with Gasteiger partial charge in [0, 0.05) is 11.3 Å². The van der Waals surface area contributed by atoms with Crippen LogP contribution in [0, 0.1) is 5.82 Å². The minimum absolute atomic E-state index is 0.0420. The van der Waals surface area contributed by atoms with Crippen LogP contribution in [0.1, 0.15) is 29.8 Å². The Morgan fingerprint density at radius 1 is 0.944 bits per heavy atom. The van der Waals surface area contributed by atoms with E-state index in [-0.39, 0.29) is 5.56 Å². The van der Waals surface area contributed by atoms with Gasteiger partial charge in [0.25, 0.3) is 0 Å². The first-order valence-electron chi connectivity index (χ1n) is 5.84. The van der Waals surface area contributed by atoms with Crippen LogP contribution in [0.3, 0.4) is 0 Å². The second-order valence-corrected chi connectivity index (χ2v) is 3.40. The maximum atomic E-state index is 13.4. The Morgan fingerprint density at radius 2 is 1.44 bits per heavy atom. The molecular weight excluding hydrogens is 229 g/mol. The van der Waals surface area contributed by atoms with Crippen molar-refractivity contribution in [2.45, 2.75) is 13.8 Å². The average Bonchev–Trinajstić information content (AvgIpc) is 2.41. The van der Waals surface area contributed by atoms with Crippen LogP contribution in [-0.2, 0) is 0 Å². The molecule has 3 heteroatoms. The number of halogens is 1. The summed E-state index contributed by atoms with van der Waals surface area (Å²) >= 11 is 0. The van der Waals surface area contributed by atoms with Crippen molar-refractivity contribution in [3.8, 4) is 0 Å². The molecule has 2 aromatic rings. The lowest BCUT2D eigenvalue weighted by Gasteiger charge is -2.04. The van der Waals surface area contributed by atoms with Crippen molar-refractivity contribution in [1.82, 2.24) is 0 Å². The highest BCUT2D eigenvalue weighted by atomic mass is 19.1. The number of para-hydroxylation sites is 1. The summed E-state index contributed by atoms with van der Waals surface area (Å²) in [6, 6.07) is 12.5. The molecule has 0 aromatic heterocycles. The zero-order valence-electron chi connectivity index (χ0n) is 10.5. The fourth-order valence-corrected chi connectivity index (χ4v) is 1.49. The first-order valence-corrected chi connectivity index (χ1v) is 5.84. The van der Waals surface area contributed by atoms with E-state index < -0.39 is 11.6 Å². The van der Waals surface area contributed by atoms with E-state index in [0.29, 0.717) is 11.3 Å². The summed E-state index contributed by atoms with van der Waals surface area (Å²) in [6.45, 7) is 4.00. The smallest absolute Gasteiger partial charge is 0.198 e. The minimum atomic E-state index is -0.532. The third-order valence-electron chi connectivity index (χ3n) is 2.32. The van der Waals surface area contributed by atoms with Crippen LogP contribution >= 0.6 is 0 Å². The van der Waals surface area contributed by atoms with Crippen LogP contribution in [0.4, 0.5) is 10.1 Å². The van der Waals surface area contributed by atoms with Crippen molar-refractivity contribution < 1.29 is 9.18 Å². The summed E-state index contributed by atoms with van der Waals surface area (Å²) in [5.41, 5.74) is 6.39. The van der Waals surface area contributed by atoms with Crippen molar-refractivity contribution in [3.05, 3.63) is 65.5 Å². The van der Waals surface area contributed by atoms with Gasteiger partial charge in [-0.1, -0.05) is 38.1 Å². The number of carbonyl (C=O) groups excluding carboxylic acids is 1. The molecule has 0 saturated carbocycles. The summed E-state index contributed by atoms with van der Waals surface area (Å²) in [7, 11) is 0. The Hall–Kier alpha value is -2.16. The summed E-state index contributed by atoms with van der Waals surface area (Å²) in [5.74, 6) is -0.924. The van der Waals surface area contributed by atoms with Gasteiger partial charge in [-0.25, -0.2) is 4.39 Å². The van der Waals surface area contributed by atoms with Gasteiger partial charge in [-0.15, -0.1) is 0 Å². The minimum Gasteiger partial charge on any atom is -0.398 e. The molecule has 2 rings (SSSR count). The summed E-state index contributed by atoms with van der Waals surface area (Å²) in [6.07, 6.45) is 0. The van der Waals surface area contributed by atoms with Gasteiger partial charge in [0.2, 0.25) is 0 Å². The highest BCUT2D eigenvalue weighted by Crippen LogP contribution is 2.17. The molecule has 94 valence electrons. The lowest BCUT2D eigenvalue weighted by Crippen LogP contribution is -2.07. The standard InChI is InChI=1S/C13H10FNO.C2H6/c14-11-7-3-1-5-9(11)13(16)10-6-2-4-8-12(10)15;1-2/h1-8H,15H2;1-2H3. The highest BCUT2D eigenvalue weighted by Gasteiger charge is 2.14. The molecule has 0 aliphatic heterocycles. The molecule has 0 spiro atoms. The maximum Gasteiger partial charge on any atom is 0.198 e. The van der Waals surface area contributed by atoms with Gasteiger partial charge in [0.1, 0.15) is 5.82 Å². The van der Waals surface area contributed by atoms with Crippen molar-refractivity contribution in [1.29, 1.82) is 0 Å². The Morgan fingerprint density at radius 3 is 2.00 bits per heavy atom. The van der Waals surface area contributed by atoms with Crippen molar-refractivity contribution in [2.24, 2.45) is 0 Å². The van der Waals surface area contributed by atoms with Crippen molar-refractivity contribution in [2.75, 3.05) is 5.73 Å². The first-order chi connectivity index (χ1) is 8.70. The number of rotatable bonds is 2. The fraction of sp³-hybridized carbons (Fsp3) is 0.133. The van der Waals surface area contributed by atoms with Gasteiger partial charge in [-0.2, -0.15) is 0 Å². The second-order valence-electron chi connectivity index (χ2n) is 3.40. The number of anilines is 1. The van der Waals surface area contributed by atoms with Gasteiger partial charge in [0.15, 0.2) is 5.78 Å². The number of hydrogen-bond acceptors (Lipinski definition) is 2. The molecule has 0 saturated heterocycles. The maximum absolute atomic E-state index is 13.4. The molecule has 0 atom stereocenters. The molecule has 2 nitrogen and oxygen atoms in total. The predicted molar refractivity (Wildman–Crippen MR) is 72.0 cm³/mol. The van der Waals surface area contributed by atoms with Crippen LogP contribution in [0.2, 0.25) is 0 Å². The number of hydrogen-bond donors (Lipinski definition) is 1. The molecular formula is C15H16FNO. The molecule has 0 fully saturated rings. The monoisotopic (exact) mass is 245 g/mol. The number of benzene rings is 2. The molecule has 0 radical (unpaired) electrons. The predicted octanol–water partition coefficient (Wildman–Crippen LogP) is 3.67. The highest BCUT2D eigenvalue weighted by molar-refractivity contribution is 6.12. The van der Waals surface area contributed by atoms with E-state index in [1.807, 2.05) is 13.8 Å². The summed E-state index contributed by atoms with van der Waals surface area (Å²) in [4.78, 5) is 12.0. The quantitative estimate of drug-likeness (QED) is 0.648. The van der Waals surface area contributed by atoms with E-state index in [1.165, 1.54) is 12.1 Å². The molecule has 2 N–H and O–H groups in total. The summed E-state index contributed by atoms with van der Waals surface area (Å²) < 4.78 is 13.4. The zero-order valence-corrected chi connectivity index (χ0v) is 10.5. The topological polar surface area (TPSA) is 43.1 Å². The van der Waals surface area contributed by atoms with E-state index in [9.17, 15) is 9.18 Å². The van der Waals surface area contributed by atoms with Crippen LogP contribution < -0.4 is 5.73 Å². The Bertz CT molecular complexity index is 490. The Labute approximate surface area is 106 Å². The fourth-order valence-electron chi connectivity index (χ4n) is 1.49. The Balaban J connectivity index is 0.000000771. The molecule has 0 aliphatic carbocycles. The number of carbonyl (C=O) groups is 1. The molecule has 0 aliphatic rings. The van der Waals surface area contributed by atoms with E-state index >= 15 is 0 Å². The Kier molecular flexibility index (Phi) is 5.06. The lowest BCUT2D eigenvalue weighted by atomic mass is 10.0. The van der Waals surface area contributed by atoms with Gasteiger partial charge in [-0.3, -0.25) is 4.79 Å².